The Hall–Kier alpha value is -2.31. The number of nitrogens with zero attached hydrogens (tertiary/aromatic N) is 1. The van der Waals surface area contributed by atoms with Gasteiger partial charge in [-0.2, -0.15) is 0 Å². The second-order valence-corrected chi connectivity index (χ2v) is 8.71. The van der Waals surface area contributed by atoms with Crippen LogP contribution in [0.3, 0.4) is 0 Å². The van der Waals surface area contributed by atoms with E-state index in [0.29, 0.717) is 13.0 Å². The minimum atomic E-state index is -0.298. The number of anilines is 1. The second kappa shape index (κ2) is 6.34. The van der Waals surface area contributed by atoms with Gasteiger partial charge in [-0.25, -0.2) is 4.79 Å². The van der Waals surface area contributed by atoms with Crippen LogP contribution in [0.2, 0.25) is 0 Å². The number of aromatic hydroxyl groups is 1. The summed E-state index contributed by atoms with van der Waals surface area (Å²) in [6.07, 6.45) is 7.17. The van der Waals surface area contributed by atoms with Gasteiger partial charge in [0.25, 0.3) is 0 Å². The zero-order chi connectivity index (χ0) is 20.4. The number of fused-ring (bicyclic) bond motifs is 1. The molecular weight excluding hydrogens is 368 g/mol. The molecule has 6 heteroatoms. The summed E-state index contributed by atoms with van der Waals surface area (Å²) in [5, 5.41) is 14.0. The van der Waals surface area contributed by atoms with Gasteiger partial charge in [-0.1, -0.05) is 19.1 Å². The maximum Gasteiger partial charge on any atom is 0.335 e. The Morgan fingerprint density at radius 1 is 1.38 bits per heavy atom. The van der Waals surface area contributed by atoms with Gasteiger partial charge >= 0.3 is 5.97 Å². The fraction of sp³-hybridized carbons (Fsp3) is 0.522. The standard InChI is InChI=1S/C23H28N2O4/c1-4-22-6-5-8-25-9-7-23(21(22)25)16-10-14(13-28-2)18(26)11-17(16)24-19(23)15(12-22)20(27)29-3/h5-6,10-11,21,24,26H,4,7-9,12-13H2,1-3H3/t21-,22-,23-/m0/s1. The summed E-state index contributed by atoms with van der Waals surface area (Å²) in [5.41, 5.74) is 4.14. The van der Waals surface area contributed by atoms with E-state index in [1.165, 1.54) is 12.7 Å². The van der Waals surface area contributed by atoms with Crippen LogP contribution >= 0.6 is 0 Å². The quantitative estimate of drug-likeness (QED) is 0.602. The minimum absolute atomic E-state index is 0.107. The van der Waals surface area contributed by atoms with Gasteiger partial charge in [-0.15, -0.1) is 0 Å². The lowest BCUT2D eigenvalue weighted by Gasteiger charge is -2.53. The molecule has 1 spiro atoms. The summed E-state index contributed by atoms with van der Waals surface area (Å²) in [6, 6.07) is 4.15. The van der Waals surface area contributed by atoms with Crippen molar-refractivity contribution < 1.29 is 19.4 Å². The van der Waals surface area contributed by atoms with E-state index in [4.69, 9.17) is 9.47 Å². The van der Waals surface area contributed by atoms with E-state index in [2.05, 4.69) is 35.4 Å². The molecule has 0 saturated carbocycles. The number of rotatable bonds is 4. The number of ether oxygens (including phenoxy) is 2. The highest BCUT2D eigenvalue weighted by Crippen LogP contribution is 2.64. The molecule has 0 unspecified atom stereocenters. The Morgan fingerprint density at radius 2 is 2.21 bits per heavy atom. The number of phenolic OH excluding ortho intramolecular Hbond substituents is 1. The largest absolute Gasteiger partial charge is 0.508 e. The molecular formula is C23H28N2O4. The van der Waals surface area contributed by atoms with Crippen molar-refractivity contribution in [3.8, 4) is 5.75 Å². The molecule has 1 aromatic rings. The molecule has 29 heavy (non-hydrogen) atoms. The van der Waals surface area contributed by atoms with E-state index < -0.39 is 0 Å². The van der Waals surface area contributed by atoms with Crippen LogP contribution in [0.25, 0.3) is 0 Å². The zero-order valence-corrected chi connectivity index (χ0v) is 17.2. The molecule has 0 bridgehead atoms. The lowest BCUT2D eigenvalue weighted by Crippen LogP contribution is -2.58. The Kier molecular flexibility index (Phi) is 4.09. The third-order valence-electron chi connectivity index (χ3n) is 7.56. The van der Waals surface area contributed by atoms with Crippen molar-refractivity contribution in [2.24, 2.45) is 5.41 Å². The Morgan fingerprint density at radius 3 is 2.93 bits per heavy atom. The van der Waals surface area contributed by atoms with Crippen molar-refractivity contribution >= 4 is 11.7 Å². The molecule has 2 N–H and O–H groups in total. The molecule has 3 atom stereocenters. The highest BCUT2D eigenvalue weighted by Gasteiger charge is 2.65. The van der Waals surface area contributed by atoms with Crippen molar-refractivity contribution in [2.75, 3.05) is 32.6 Å². The average Bonchev–Trinajstić information content (AvgIpc) is 3.27. The van der Waals surface area contributed by atoms with Gasteiger partial charge in [0.15, 0.2) is 0 Å². The summed E-state index contributed by atoms with van der Waals surface area (Å²) >= 11 is 0. The molecule has 154 valence electrons. The highest BCUT2D eigenvalue weighted by atomic mass is 16.5. The van der Waals surface area contributed by atoms with E-state index in [1.54, 1.807) is 13.2 Å². The first-order valence-electron chi connectivity index (χ1n) is 10.4. The van der Waals surface area contributed by atoms with Crippen molar-refractivity contribution in [1.82, 2.24) is 4.90 Å². The molecule has 3 aliphatic heterocycles. The first kappa shape index (κ1) is 18.7. The molecule has 1 aliphatic carbocycles. The number of carbonyl (C=O) groups is 1. The average molecular weight is 396 g/mol. The predicted octanol–water partition coefficient (Wildman–Crippen LogP) is 3.07. The molecule has 3 heterocycles. The maximum absolute atomic E-state index is 12.9. The predicted molar refractivity (Wildman–Crippen MR) is 110 cm³/mol. The summed E-state index contributed by atoms with van der Waals surface area (Å²) in [6.45, 7) is 4.49. The molecule has 0 aromatic heterocycles. The van der Waals surface area contributed by atoms with Crippen LogP contribution in [0.4, 0.5) is 5.69 Å². The monoisotopic (exact) mass is 396 g/mol. The van der Waals surface area contributed by atoms with E-state index in [0.717, 1.165) is 48.5 Å². The smallest absolute Gasteiger partial charge is 0.335 e. The number of hydrogen-bond acceptors (Lipinski definition) is 6. The number of hydrogen-bond donors (Lipinski definition) is 2. The van der Waals surface area contributed by atoms with E-state index in [9.17, 15) is 9.90 Å². The van der Waals surface area contributed by atoms with Gasteiger partial charge in [0.05, 0.1) is 24.7 Å². The van der Waals surface area contributed by atoms with Gasteiger partial charge in [-0.3, -0.25) is 4.90 Å². The number of phenols is 1. The van der Waals surface area contributed by atoms with Crippen LogP contribution in [-0.2, 0) is 26.3 Å². The highest BCUT2D eigenvalue weighted by molar-refractivity contribution is 5.93. The van der Waals surface area contributed by atoms with Crippen LogP contribution in [0.15, 0.2) is 35.6 Å². The zero-order valence-electron chi connectivity index (χ0n) is 17.2. The molecule has 0 amide bonds. The fourth-order valence-corrected chi connectivity index (χ4v) is 6.42. The van der Waals surface area contributed by atoms with Crippen molar-refractivity contribution in [1.29, 1.82) is 0 Å². The lowest BCUT2D eigenvalue weighted by molar-refractivity contribution is -0.137. The topological polar surface area (TPSA) is 71.0 Å². The third-order valence-corrected chi connectivity index (χ3v) is 7.56. The summed E-state index contributed by atoms with van der Waals surface area (Å²) < 4.78 is 10.5. The van der Waals surface area contributed by atoms with Gasteiger partial charge in [0.1, 0.15) is 5.75 Å². The van der Waals surface area contributed by atoms with Crippen LogP contribution in [0.5, 0.6) is 5.75 Å². The minimum Gasteiger partial charge on any atom is -0.508 e. The summed E-state index contributed by atoms with van der Waals surface area (Å²) in [7, 11) is 3.09. The second-order valence-electron chi connectivity index (χ2n) is 8.71. The third kappa shape index (κ3) is 2.27. The van der Waals surface area contributed by atoms with Crippen LogP contribution in [0.1, 0.15) is 37.3 Å². The Labute approximate surface area is 171 Å². The van der Waals surface area contributed by atoms with Gasteiger partial charge in [0, 0.05) is 54.7 Å². The van der Waals surface area contributed by atoms with Gasteiger partial charge < -0.3 is 19.9 Å². The number of benzene rings is 1. The molecule has 1 saturated heterocycles. The number of carbonyl (C=O) groups excluding carboxylic acids is 1. The first-order valence-corrected chi connectivity index (χ1v) is 10.4. The van der Waals surface area contributed by atoms with E-state index in [1.807, 2.05) is 0 Å². The lowest BCUT2D eigenvalue weighted by atomic mass is 9.55. The SMILES string of the molecule is CC[C@]12C=CCN3CC[C@]4(C(=C(C(=O)OC)C1)Nc1cc(O)c(COC)cc14)[C@@H]32. The maximum atomic E-state index is 12.9. The Balaban J connectivity index is 1.80. The fourth-order valence-electron chi connectivity index (χ4n) is 6.42. The summed E-state index contributed by atoms with van der Waals surface area (Å²) in [4.78, 5) is 15.4. The van der Waals surface area contributed by atoms with Crippen molar-refractivity contribution in [3.05, 3.63) is 46.7 Å². The van der Waals surface area contributed by atoms with Gasteiger partial charge in [0.2, 0.25) is 0 Å². The van der Waals surface area contributed by atoms with Crippen LogP contribution in [0, 0.1) is 5.41 Å². The molecule has 1 fully saturated rings. The summed E-state index contributed by atoms with van der Waals surface area (Å²) in [5.74, 6) is -0.0433. The number of esters is 1. The molecule has 6 nitrogen and oxygen atoms in total. The Bertz CT molecular complexity index is 952. The molecule has 0 radical (unpaired) electrons. The molecule has 5 rings (SSSR count). The number of nitrogens with one attached hydrogen (secondary N) is 1. The first-order chi connectivity index (χ1) is 14.0. The van der Waals surface area contributed by atoms with Gasteiger partial charge in [-0.05, 0) is 30.9 Å². The molecule has 1 aromatic carbocycles. The van der Waals surface area contributed by atoms with E-state index in [-0.39, 0.29) is 28.6 Å². The van der Waals surface area contributed by atoms with Crippen molar-refractivity contribution in [3.63, 3.8) is 0 Å². The number of methoxy groups -OCH3 is 2. The van der Waals surface area contributed by atoms with Crippen LogP contribution < -0.4 is 5.32 Å². The van der Waals surface area contributed by atoms with Crippen LogP contribution in [-0.4, -0.2) is 49.3 Å². The van der Waals surface area contributed by atoms with Crippen molar-refractivity contribution in [2.45, 2.75) is 44.2 Å². The molecule has 4 aliphatic rings. The normalized spacial score (nSPS) is 31.9. The van der Waals surface area contributed by atoms with E-state index >= 15 is 0 Å².